The highest BCUT2D eigenvalue weighted by Crippen LogP contribution is 2.22. The highest BCUT2D eigenvalue weighted by molar-refractivity contribution is 6.04. The van der Waals surface area contributed by atoms with Crippen LogP contribution in [0.1, 0.15) is 27.2 Å². The van der Waals surface area contributed by atoms with E-state index in [0.717, 1.165) is 22.5 Å². The maximum absolute atomic E-state index is 12.5. The van der Waals surface area contributed by atoms with Crippen molar-refractivity contribution in [2.45, 2.75) is 13.8 Å². The Kier molecular flexibility index (Phi) is 4.95. The molecule has 0 atom stereocenters. The lowest BCUT2D eigenvalue weighted by Gasteiger charge is -2.12. The van der Waals surface area contributed by atoms with Gasteiger partial charge >= 0.3 is 0 Å². The minimum atomic E-state index is -0.364. The number of carbonyl (C=O) groups is 1. The molecule has 5 nitrogen and oxygen atoms in total. The number of nitrogens with zero attached hydrogens (tertiary/aromatic N) is 2. The Bertz CT molecular complexity index is 1000. The summed E-state index contributed by atoms with van der Waals surface area (Å²) in [7, 11) is 0. The van der Waals surface area contributed by atoms with Crippen molar-refractivity contribution in [3.05, 3.63) is 83.2 Å². The fourth-order valence-electron chi connectivity index (χ4n) is 2.53. The first-order valence-electron chi connectivity index (χ1n) is 8.17. The van der Waals surface area contributed by atoms with Crippen LogP contribution in [0.4, 0.5) is 17.1 Å². The van der Waals surface area contributed by atoms with E-state index in [1.807, 2.05) is 26.0 Å². The lowest BCUT2D eigenvalue weighted by molar-refractivity contribution is 0.102. The number of aryl methyl sites for hydroxylation is 2. The summed E-state index contributed by atoms with van der Waals surface area (Å²) in [5.74, 6) is -0.364. The van der Waals surface area contributed by atoms with Gasteiger partial charge in [-0.25, -0.2) is 0 Å². The molecular formula is C21H18N4O. The summed E-state index contributed by atoms with van der Waals surface area (Å²) in [4.78, 5) is 16.6. The number of para-hydroxylation sites is 1. The fourth-order valence-corrected chi connectivity index (χ4v) is 2.53. The molecule has 0 unspecified atom stereocenters. The van der Waals surface area contributed by atoms with Crippen molar-refractivity contribution < 1.29 is 4.79 Å². The van der Waals surface area contributed by atoms with Gasteiger partial charge in [0.05, 0.1) is 11.3 Å². The second kappa shape index (κ2) is 7.49. The molecule has 0 saturated heterocycles. The molecular weight excluding hydrogens is 324 g/mol. The van der Waals surface area contributed by atoms with Gasteiger partial charge < -0.3 is 10.6 Å². The van der Waals surface area contributed by atoms with Gasteiger partial charge in [0.1, 0.15) is 11.8 Å². The van der Waals surface area contributed by atoms with Crippen molar-refractivity contribution in [2.75, 3.05) is 10.6 Å². The van der Waals surface area contributed by atoms with Crippen LogP contribution in [0.5, 0.6) is 0 Å². The number of hydrogen-bond acceptors (Lipinski definition) is 4. The molecule has 2 N–H and O–H groups in total. The number of pyridine rings is 1. The molecule has 3 rings (SSSR count). The van der Waals surface area contributed by atoms with E-state index in [1.54, 1.807) is 36.5 Å². The molecule has 128 valence electrons. The molecule has 1 heterocycles. The molecule has 1 amide bonds. The molecule has 0 fully saturated rings. The summed E-state index contributed by atoms with van der Waals surface area (Å²) in [5, 5.41) is 15.2. The van der Waals surface area contributed by atoms with Crippen LogP contribution in [-0.4, -0.2) is 10.9 Å². The van der Waals surface area contributed by atoms with Gasteiger partial charge in [0, 0.05) is 17.6 Å². The number of aromatic nitrogens is 1. The second-order valence-electron chi connectivity index (χ2n) is 5.98. The number of nitriles is 1. The predicted molar refractivity (Wildman–Crippen MR) is 103 cm³/mol. The van der Waals surface area contributed by atoms with Crippen molar-refractivity contribution in [3.63, 3.8) is 0 Å². The monoisotopic (exact) mass is 342 g/mol. The van der Waals surface area contributed by atoms with Crippen LogP contribution in [-0.2, 0) is 0 Å². The molecule has 0 aliphatic heterocycles. The minimum absolute atomic E-state index is 0.271. The molecule has 3 aromatic rings. The zero-order valence-electron chi connectivity index (χ0n) is 14.6. The van der Waals surface area contributed by atoms with Crippen LogP contribution in [0.15, 0.2) is 60.8 Å². The van der Waals surface area contributed by atoms with E-state index in [4.69, 9.17) is 5.26 Å². The maximum atomic E-state index is 12.5. The van der Waals surface area contributed by atoms with Crippen molar-refractivity contribution in [2.24, 2.45) is 0 Å². The number of hydrogen-bond donors (Lipinski definition) is 2. The Balaban J connectivity index is 1.82. The second-order valence-corrected chi connectivity index (χ2v) is 5.98. The first-order valence-corrected chi connectivity index (χ1v) is 8.17. The standard InChI is InChI=1S/C21H18N4O/c1-14-7-8-15(2)19(11-14)24-17-9-10-23-20(12-17)21(26)25-18-6-4-3-5-16(18)13-22/h3-12H,1-2H3,(H,23,24)(H,25,26). The molecule has 0 radical (unpaired) electrons. The zero-order valence-corrected chi connectivity index (χ0v) is 14.6. The van der Waals surface area contributed by atoms with E-state index in [9.17, 15) is 4.79 Å². The number of anilines is 3. The Morgan fingerprint density at radius 3 is 2.65 bits per heavy atom. The Hall–Kier alpha value is -3.65. The number of benzene rings is 2. The minimum Gasteiger partial charge on any atom is -0.355 e. The molecule has 0 spiro atoms. The number of nitrogens with one attached hydrogen (secondary N) is 2. The smallest absolute Gasteiger partial charge is 0.274 e. The maximum Gasteiger partial charge on any atom is 0.274 e. The van der Waals surface area contributed by atoms with Crippen LogP contribution < -0.4 is 10.6 Å². The van der Waals surface area contributed by atoms with Gasteiger partial charge in [-0.3, -0.25) is 9.78 Å². The first-order chi connectivity index (χ1) is 12.6. The quantitative estimate of drug-likeness (QED) is 0.728. The molecule has 5 heteroatoms. The summed E-state index contributed by atoms with van der Waals surface area (Å²) in [6.07, 6.45) is 1.58. The zero-order chi connectivity index (χ0) is 18.5. The molecule has 0 bridgehead atoms. The third-order valence-corrected chi connectivity index (χ3v) is 3.96. The third kappa shape index (κ3) is 3.87. The average molecular weight is 342 g/mol. The van der Waals surface area contributed by atoms with E-state index in [2.05, 4.69) is 33.8 Å². The van der Waals surface area contributed by atoms with E-state index < -0.39 is 0 Å². The van der Waals surface area contributed by atoms with Crippen LogP contribution >= 0.6 is 0 Å². The van der Waals surface area contributed by atoms with Gasteiger partial charge in [0.15, 0.2) is 0 Å². The average Bonchev–Trinajstić information content (AvgIpc) is 2.65. The predicted octanol–water partition coefficient (Wildman–Crippen LogP) is 4.57. The van der Waals surface area contributed by atoms with Gasteiger partial charge in [-0.15, -0.1) is 0 Å². The van der Waals surface area contributed by atoms with Gasteiger partial charge in [-0.1, -0.05) is 24.3 Å². The van der Waals surface area contributed by atoms with Crippen molar-refractivity contribution in [1.82, 2.24) is 4.98 Å². The van der Waals surface area contributed by atoms with E-state index in [1.165, 1.54) is 0 Å². The summed E-state index contributed by atoms with van der Waals surface area (Å²) in [6, 6.07) is 18.6. The lowest BCUT2D eigenvalue weighted by atomic mass is 10.1. The molecule has 0 aliphatic carbocycles. The SMILES string of the molecule is Cc1ccc(C)c(Nc2ccnc(C(=O)Nc3ccccc3C#N)c2)c1. The van der Waals surface area contributed by atoms with Crippen LogP contribution in [0.3, 0.4) is 0 Å². The van der Waals surface area contributed by atoms with E-state index >= 15 is 0 Å². The molecule has 0 saturated carbocycles. The molecule has 0 aliphatic rings. The first kappa shape index (κ1) is 17.2. The largest absolute Gasteiger partial charge is 0.355 e. The number of carbonyl (C=O) groups excluding carboxylic acids is 1. The van der Waals surface area contributed by atoms with Gasteiger partial charge in [0.2, 0.25) is 0 Å². The summed E-state index contributed by atoms with van der Waals surface area (Å²) in [5.41, 5.74) is 5.16. The normalized spacial score (nSPS) is 10.0. The van der Waals surface area contributed by atoms with Crippen molar-refractivity contribution in [3.8, 4) is 6.07 Å². The topological polar surface area (TPSA) is 77.8 Å². The summed E-state index contributed by atoms with van der Waals surface area (Å²) < 4.78 is 0. The highest BCUT2D eigenvalue weighted by Gasteiger charge is 2.11. The molecule has 26 heavy (non-hydrogen) atoms. The van der Waals surface area contributed by atoms with Crippen LogP contribution in [0.2, 0.25) is 0 Å². The fraction of sp³-hybridized carbons (Fsp3) is 0.0952. The van der Waals surface area contributed by atoms with Crippen LogP contribution in [0.25, 0.3) is 0 Å². The van der Waals surface area contributed by atoms with E-state index in [0.29, 0.717) is 11.3 Å². The molecule has 2 aromatic carbocycles. The van der Waals surface area contributed by atoms with Crippen LogP contribution in [0, 0.1) is 25.2 Å². The Morgan fingerprint density at radius 2 is 1.85 bits per heavy atom. The molecule has 1 aromatic heterocycles. The summed E-state index contributed by atoms with van der Waals surface area (Å²) >= 11 is 0. The third-order valence-electron chi connectivity index (χ3n) is 3.96. The van der Waals surface area contributed by atoms with Gasteiger partial charge in [-0.2, -0.15) is 5.26 Å². The van der Waals surface area contributed by atoms with E-state index in [-0.39, 0.29) is 11.6 Å². The van der Waals surface area contributed by atoms with Gasteiger partial charge in [0.25, 0.3) is 5.91 Å². The summed E-state index contributed by atoms with van der Waals surface area (Å²) in [6.45, 7) is 4.05. The highest BCUT2D eigenvalue weighted by atomic mass is 16.1. The Labute approximate surface area is 152 Å². The number of rotatable bonds is 4. The van der Waals surface area contributed by atoms with Crippen molar-refractivity contribution >= 4 is 23.0 Å². The van der Waals surface area contributed by atoms with Gasteiger partial charge in [-0.05, 0) is 55.3 Å². The Morgan fingerprint density at radius 1 is 1.04 bits per heavy atom. The number of amides is 1. The lowest BCUT2D eigenvalue weighted by Crippen LogP contribution is -2.14. The van der Waals surface area contributed by atoms with Crippen molar-refractivity contribution in [1.29, 1.82) is 5.26 Å².